The molecule has 6 heteroatoms. The van der Waals surface area contributed by atoms with Crippen LogP contribution >= 0.6 is 0 Å². The van der Waals surface area contributed by atoms with Crippen molar-refractivity contribution in [3.05, 3.63) is 126 Å². The van der Waals surface area contributed by atoms with Gasteiger partial charge in [-0.1, -0.05) is 72.8 Å². The molecule has 1 saturated heterocycles. The highest BCUT2D eigenvalue weighted by atomic mass is 19.1. The molecular formula is C33H34F2N3O. The van der Waals surface area contributed by atoms with E-state index in [1.165, 1.54) is 29.2 Å². The molecule has 39 heavy (non-hydrogen) atoms. The van der Waals surface area contributed by atoms with Crippen molar-refractivity contribution >= 4 is 23.0 Å². The van der Waals surface area contributed by atoms with Crippen LogP contribution in [0.1, 0.15) is 35.1 Å². The summed E-state index contributed by atoms with van der Waals surface area (Å²) in [5.41, 5.74) is 6.03. The maximum absolute atomic E-state index is 13.6. The first kappa shape index (κ1) is 28.0. The van der Waals surface area contributed by atoms with Crippen molar-refractivity contribution in [2.75, 3.05) is 26.7 Å². The number of rotatable bonds is 7. The average Bonchev–Trinajstić information content (AvgIpc) is 3.74. The summed E-state index contributed by atoms with van der Waals surface area (Å²) in [4.78, 5) is 21.9. The van der Waals surface area contributed by atoms with Crippen LogP contribution in [0, 0.1) is 24.6 Å². The quantitative estimate of drug-likeness (QED) is 0.259. The van der Waals surface area contributed by atoms with Crippen molar-refractivity contribution in [1.82, 2.24) is 9.80 Å². The Morgan fingerprint density at radius 3 is 2.23 bits per heavy atom. The Labute approximate surface area is 229 Å². The summed E-state index contributed by atoms with van der Waals surface area (Å²) in [5.74, 6) is 2.30. The number of nitrogens with zero attached hydrogens (tertiary/aromatic N) is 3. The van der Waals surface area contributed by atoms with Crippen LogP contribution in [-0.4, -0.2) is 48.2 Å². The number of hydrogen-bond donors (Lipinski definition) is 0. The molecule has 1 aliphatic heterocycles. The van der Waals surface area contributed by atoms with Gasteiger partial charge in [-0.25, -0.2) is 9.38 Å². The van der Waals surface area contributed by atoms with Gasteiger partial charge in [0.2, 0.25) is 5.91 Å². The Morgan fingerprint density at radius 2 is 1.59 bits per heavy atom. The molecule has 1 heterocycles. The van der Waals surface area contributed by atoms with Gasteiger partial charge in [-0.3, -0.25) is 9.50 Å². The zero-order valence-corrected chi connectivity index (χ0v) is 22.4. The molecule has 0 N–H and O–H groups in total. The molecular weight excluding hydrogens is 492 g/mol. The fraction of sp³-hybridized carbons (Fsp3) is 0.242. The van der Waals surface area contributed by atoms with E-state index in [4.69, 9.17) is 4.99 Å². The van der Waals surface area contributed by atoms with Gasteiger partial charge in [-0.05, 0) is 66.6 Å². The molecule has 0 spiro atoms. The first-order chi connectivity index (χ1) is 18.4. The number of halogens is 2. The van der Waals surface area contributed by atoms with E-state index < -0.39 is 0 Å². The van der Waals surface area contributed by atoms with Crippen LogP contribution < -0.4 is 0 Å². The number of carbonyl (C=O) groups is 1. The van der Waals surface area contributed by atoms with Gasteiger partial charge >= 0.3 is 0 Å². The van der Waals surface area contributed by atoms with Gasteiger partial charge in [-0.15, -0.1) is 0 Å². The van der Waals surface area contributed by atoms with E-state index in [0.29, 0.717) is 17.5 Å². The number of carbonyl (C=O) groups excluding carboxylic acids is 1. The number of amidine groups is 1. The topological polar surface area (TPSA) is 35.9 Å². The summed E-state index contributed by atoms with van der Waals surface area (Å²) in [6, 6.07) is 24.7. The maximum Gasteiger partial charge on any atom is 0.242 e. The minimum absolute atomic E-state index is 0. The minimum Gasteiger partial charge on any atom is -0.350 e. The molecule has 0 aromatic heterocycles. The van der Waals surface area contributed by atoms with Crippen LogP contribution in [0.4, 0.5) is 9.09 Å². The standard InChI is InChI=1S/C33H33FN3O.FH/c1-23-9-11-25(12-10-23)24(2)35-33(28-13-15-29(34)16-14-28)36(3)22-32(38)37-19-17-27(18-20-37)31-21-30(31)26-7-5-4-6-8-26;/h4-16,21,27H,2,17-20,22H2,1,3H3;1H. The molecule has 1 radical (unpaired) electrons. The third kappa shape index (κ3) is 6.69. The molecule has 0 saturated carbocycles. The highest BCUT2D eigenvalue weighted by Gasteiger charge is 2.37. The van der Waals surface area contributed by atoms with Gasteiger partial charge in [0.15, 0.2) is 0 Å². The van der Waals surface area contributed by atoms with Gasteiger partial charge < -0.3 is 9.80 Å². The normalized spacial score (nSPS) is 15.8. The van der Waals surface area contributed by atoms with Crippen molar-refractivity contribution in [3.63, 3.8) is 0 Å². The smallest absolute Gasteiger partial charge is 0.242 e. The van der Waals surface area contributed by atoms with Crippen molar-refractivity contribution in [3.8, 4) is 0 Å². The summed E-state index contributed by atoms with van der Waals surface area (Å²) in [7, 11) is 1.85. The fourth-order valence-corrected chi connectivity index (χ4v) is 5.05. The lowest BCUT2D eigenvalue weighted by Crippen LogP contribution is -2.45. The molecule has 0 unspecified atom stereocenters. The molecule has 0 bridgehead atoms. The maximum atomic E-state index is 13.6. The highest BCUT2D eigenvalue weighted by Crippen LogP contribution is 2.48. The third-order valence-electron chi connectivity index (χ3n) is 7.36. The second-order valence-electron chi connectivity index (χ2n) is 10.1. The fourth-order valence-electron chi connectivity index (χ4n) is 5.05. The molecule has 1 amide bonds. The predicted octanol–water partition coefficient (Wildman–Crippen LogP) is 6.55. The van der Waals surface area contributed by atoms with Crippen LogP contribution in [0.2, 0.25) is 0 Å². The van der Waals surface area contributed by atoms with E-state index in [1.54, 1.807) is 12.1 Å². The molecule has 1 fully saturated rings. The second-order valence-corrected chi connectivity index (χ2v) is 10.1. The molecule has 201 valence electrons. The first-order valence-electron chi connectivity index (χ1n) is 13.1. The van der Waals surface area contributed by atoms with Crippen LogP contribution in [0.15, 0.2) is 96.5 Å². The molecule has 5 rings (SSSR count). The van der Waals surface area contributed by atoms with Crippen molar-refractivity contribution in [1.29, 1.82) is 0 Å². The van der Waals surface area contributed by atoms with Gasteiger partial charge in [0.25, 0.3) is 0 Å². The lowest BCUT2D eigenvalue weighted by atomic mass is 9.88. The lowest BCUT2D eigenvalue weighted by molar-refractivity contribution is -0.132. The monoisotopic (exact) mass is 526 g/mol. The zero-order chi connectivity index (χ0) is 26.6. The molecule has 0 atom stereocenters. The molecule has 3 aromatic rings. The second kappa shape index (κ2) is 12.2. The van der Waals surface area contributed by atoms with Crippen molar-refractivity contribution in [2.24, 2.45) is 10.9 Å². The third-order valence-corrected chi connectivity index (χ3v) is 7.36. The van der Waals surface area contributed by atoms with Crippen LogP contribution in [0.3, 0.4) is 0 Å². The van der Waals surface area contributed by atoms with Gasteiger partial charge in [-0.2, -0.15) is 0 Å². The number of amides is 1. The Bertz CT molecular complexity index is 1360. The molecule has 4 nitrogen and oxygen atoms in total. The van der Waals surface area contributed by atoms with Crippen LogP contribution in [0.25, 0.3) is 11.3 Å². The largest absolute Gasteiger partial charge is 0.350 e. The van der Waals surface area contributed by atoms with Crippen LogP contribution in [0.5, 0.6) is 0 Å². The van der Waals surface area contributed by atoms with Gasteiger partial charge in [0, 0.05) is 31.6 Å². The number of likely N-dealkylation sites (N-methyl/N-ethyl adjacent to an activating group) is 1. The first-order valence-corrected chi connectivity index (χ1v) is 13.1. The number of allylic oxidation sites excluding steroid dienone is 2. The number of hydrogen-bond acceptors (Lipinski definition) is 2. The number of likely N-dealkylation sites (tertiary alicyclic amines) is 1. The number of aryl methyl sites for hydroxylation is 1. The minimum atomic E-state index is -0.314. The Kier molecular flexibility index (Phi) is 8.75. The predicted molar refractivity (Wildman–Crippen MR) is 155 cm³/mol. The average molecular weight is 527 g/mol. The summed E-state index contributed by atoms with van der Waals surface area (Å²) < 4.78 is 13.6. The number of benzene rings is 3. The Morgan fingerprint density at radius 1 is 0.974 bits per heavy atom. The van der Waals surface area contributed by atoms with Crippen molar-refractivity contribution in [2.45, 2.75) is 19.8 Å². The van der Waals surface area contributed by atoms with Crippen LogP contribution in [-0.2, 0) is 4.79 Å². The highest BCUT2D eigenvalue weighted by molar-refractivity contribution is 6.03. The Hall–Kier alpha value is -4.06. The number of piperidine rings is 1. The zero-order valence-electron chi connectivity index (χ0n) is 22.4. The van der Waals surface area contributed by atoms with E-state index in [1.807, 2.05) is 54.1 Å². The summed E-state index contributed by atoms with van der Waals surface area (Å²) in [5, 5.41) is 0. The molecule has 3 aromatic carbocycles. The summed E-state index contributed by atoms with van der Waals surface area (Å²) >= 11 is 0. The lowest BCUT2D eigenvalue weighted by Gasteiger charge is -2.34. The summed E-state index contributed by atoms with van der Waals surface area (Å²) in [6.45, 7) is 7.87. The molecule has 2 aliphatic rings. The van der Waals surface area contributed by atoms with E-state index in [2.05, 4.69) is 36.9 Å². The summed E-state index contributed by atoms with van der Waals surface area (Å²) in [6.07, 6.45) is 4.24. The van der Waals surface area contributed by atoms with E-state index in [9.17, 15) is 9.18 Å². The van der Waals surface area contributed by atoms with Gasteiger partial charge in [0.1, 0.15) is 11.7 Å². The van der Waals surface area contributed by atoms with E-state index in [0.717, 1.165) is 42.6 Å². The van der Waals surface area contributed by atoms with E-state index >= 15 is 0 Å². The van der Waals surface area contributed by atoms with Crippen molar-refractivity contribution < 1.29 is 13.9 Å². The number of aliphatic imine (C=N–C) groups is 1. The SMILES string of the molecule is C=C(N=C(c1ccc(F)cc1)N(C)CC(=O)N1CCC([C]2C=C2c2ccccc2)CC1)c1ccc(C)cc1.F. The van der Waals surface area contributed by atoms with E-state index in [-0.39, 0.29) is 23.0 Å². The molecule has 1 aliphatic carbocycles. The van der Waals surface area contributed by atoms with Gasteiger partial charge in [0.05, 0.1) is 12.2 Å². The Balaban J connectivity index is 0.00000353.